The topological polar surface area (TPSA) is 89.3 Å². The van der Waals surface area contributed by atoms with Crippen LogP contribution in [0.1, 0.15) is 43.5 Å². The molecule has 3 aromatic rings. The molecule has 0 saturated carbocycles. The molecule has 0 unspecified atom stereocenters. The molecular weight excluding hydrogens is 387 g/mol. The Morgan fingerprint density at radius 2 is 2.03 bits per heavy atom. The van der Waals surface area contributed by atoms with Gasteiger partial charge in [-0.25, -0.2) is 9.18 Å². The van der Waals surface area contributed by atoms with E-state index in [0.29, 0.717) is 42.5 Å². The lowest BCUT2D eigenvalue weighted by atomic mass is 10.2. The van der Waals surface area contributed by atoms with Crippen LogP contribution >= 0.6 is 0 Å². The SMILES string of the molecule is CC(C)c1noc(CCCNC(=O)Nc2cccc(OCc3cccc(F)c3)c2)n1. The molecule has 1 aromatic heterocycles. The molecule has 30 heavy (non-hydrogen) atoms. The minimum absolute atomic E-state index is 0.222. The maximum Gasteiger partial charge on any atom is 0.319 e. The quantitative estimate of drug-likeness (QED) is 0.499. The summed E-state index contributed by atoms with van der Waals surface area (Å²) in [5.41, 5.74) is 1.33. The molecule has 0 fully saturated rings. The molecule has 0 aliphatic heterocycles. The maximum atomic E-state index is 13.2. The number of ether oxygens (including phenoxy) is 1. The molecule has 3 rings (SSSR count). The number of urea groups is 1. The molecule has 7 nitrogen and oxygen atoms in total. The Bertz CT molecular complexity index is 974. The largest absolute Gasteiger partial charge is 0.489 e. The van der Waals surface area contributed by atoms with Crippen LogP contribution in [-0.4, -0.2) is 22.7 Å². The smallest absolute Gasteiger partial charge is 0.319 e. The Morgan fingerprint density at radius 1 is 1.20 bits per heavy atom. The summed E-state index contributed by atoms with van der Waals surface area (Å²) >= 11 is 0. The Kier molecular flexibility index (Phi) is 7.37. The molecule has 0 saturated heterocycles. The number of benzene rings is 2. The number of rotatable bonds is 9. The lowest BCUT2D eigenvalue weighted by Gasteiger charge is -2.10. The highest BCUT2D eigenvalue weighted by atomic mass is 19.1. The maximum absolute atomic E-state index is 13.2. The van der Waals surface area contributed by atoms with Crippen LogP contribution in [0.2, 0.25) is 0 Å². The third-order valence-corrected chi connectivity index (χ3v) is 4.24. The van der Waals surface area contributed by atoms with E-state index in [4.69, 9.17) is 9.26 Å². The summed E-state index contributed by atoms with van der Waals surface area (Å²) in [5, 5.41) is 9.47. The third kappa shape index (κ3) is 6.58. The van der Waals surface area contributed by atoms with Gasteiger partial charge < -0.3 is 19.9 Å². The van der Waals surface area contributed by atoms with Crippen LogP contribution in [0.25, 0.3) is 0 Å². The molecule has 0 aliphatic rings. The summed E-state index contributed by atoms with van der Waals surface area (Å²) in [5.74, 6) is 1.76. The minimum atomic E-state index is -0.314. The van der Waals surface area contributed by atoms with Crippen molar-refractivity contribution in [1.82, 2.24) is 15.5 Å². The van der Waals surface area contributed by atoms with Crippen molar-refractivity contribution in [3.63, 3.8) is 0 Å². The molecule has 0 spiro atoms. The van der Waals surface area contributed by atoms with E-state index in [-0.39, 0.29) is 24.4 Å². The van der Waals surface area contributed by atoms with Crippen molar-refractivity contribution in [2.24, 2.45) is 0 Å². The average Bonchev–Trinajstić information content (AvgIpc) is 3.19. The molecular formula is C22H25FN4O3. The van der Waals surface area contributed by atoms with Gasteiger partial charge >= 0.3 is 6.03 Å². The second kappa shape index (κ2) is 10.4. The zero-order valence-electron chi connectivity index (χ0n) is 17.0. The number of carbonyl (C=O) groups is 1. The van der Waals surface area contributed by atoms with Crippen molar-refractivity contribution >= 4 is 11.7 Å². The average molecular weight is 412 g/mol. The highest BCUT2D eigenvalue weighted by Gasteiger charge is 2.09. The summed E-state index contributed by atoms with van der Waals surface area (Å²) in [7, 11) is 0. The number of aryl methyl sites for hydroxylation is 1. The van der Waals surface area contributed by atoms with E-state index in [1.165, 1.54) is 12.1 Å². The van der Waals surface area contributed by atoms with Crippen LogP contribution in [0.4, 0.5) is 14.9 Å². The van der Waals surface area contributed by atoms with Gasteiger partial charge in [-0.15, -0.1) is 0 Å². The second-order valence-electron chi connectivity index (χ2n) is 7.13. The van der Waals surface area contributed by atoms with Crippen molar-refractivity contribution in [2.45, 2.75) is 39.2 Å². The summed E-state index contributed by atoms with van der Waals surface area (Å²) in [6.45, 7) is 4.71. The summed E-state index contributed by atoms with van der Waals surface area (Å²) in [4.78, 5) is 16.4. The number of nitrogens with zero attached hydrogens (tertiary/aromatic N) is 2. The number of hydrogen-bond acceptors (Lipinski definition) is 5. The molecule has 2 N–H and O–H groups in total. The van der Waals surface area contributed by atoms with Crippen LogP contribution < -0.4 is 15.4 Å². The van der Waals surface area contributed by atoms with Gasteiger partial charge in [-0.2, -0.15) is 4.98 Å². The van der Waals surface area contributed by atoms with E-state index in [1.807, 2.05) is 13.8 Å². The lowest BCUT2D eigenvalue weighted by Crippen LogP contribution is -2.29. The van der Waals surface area contributed by atoms with E-state index < -0.39 is 0 Å². The molecule has 1 heterocycles. The highest BCUT2D eigenvalue weighted by Crippen LogP contribution is 2.19. The fourth-order valence-electron chi connectivity index (χ4n) is 2.68. The lowest BCUT2D eigenvalue weighted by molar-refractivity contribution is 0.251. The first kappa shape index (κ1) is 21.3. The van der Waals surface area contributed by atoms with Gasteiger partial charge in [-0.05, 0) is 36.2 Å². The predicted molar refractivity (Wildman–Crippen MR) is 111 cm³/mol. The second-order valence-corrected chi connectivity index (χ2v) is 7.13. The fraction of sp³-hybridized carbons (Fsp3) is 0.318. The molecule has 0 bridgehead atoms. The van der Waals surface area contributed by atoms with Crippen LogP contribution in [-0.2, 0) is 13.0 Å². The number of amides is 2. The predicted octanol–water partition coefficient (Wildman–Crippen LogP) is 4.67. The van der Waals surface area contributed by atoms with E-state index in [1.54, 1.807) is 36.4 Å². The number of nitrogens with one attached hydrogen (secondary N) is 2. The van der Waals surface area contributed by atoms with Gasteiger partial charge in [0.25, 0.3) is 0 Å². The number of hydrogen-bond donors (Lipinski definition) is 2. The van der Waals surface area contributed by atoms with Gasteiger partial charge in [0.2, 0.25) is 5.89 Å². The third-order valence-electron chi connectivity index (χ3n) is 4.24. The normalized spacial score (nSPS) is 10.8. The van der Waals surface area contributed by atoms with Crippen LogP contribution in [0.5, 0.6) is 5.75 Å². The number of aromatic nitrogens is 2. The molecule has 2 amide bonds. The molecule has 0 aliphatic carbocycles. The minimum Gasteiger partial charge on any atom is -0.489 e. The van der Waals surface area contributed by atoms with Crippen molar-refractivity contribution in [1.29, 1.82) is 0 Å². The van der Waals surface area contributed by atoms with Gasteiger partial charge in [0, 0.05) is 30.6 Å². The molecule has 158 valence electrons. The highest BCUT2D eigenvalue weighted by molar-refractivity contribution is 5.89. The number of anilines is 1. The zero-order valence-corrected chi connectivity index (χ0v) is 17.0. The number of carbonyl (C=O) groups excluding carboxylic acids is 1. The van der Waals surface area contributed by atoms with Gasteiger partial charge in [-0.3, -0.25) is 0 Å². The Morgan fingerprint density at radius 3 is 2.80 bits per heavy atom. The van der Waals surface area contributed by atoms with Gasteiger partial charge in [0.1, 0.15) is 18.2 Å². The van der Waals surface area contributed by atoms with Crippen molar-refractivity contribution < 1.29 is 18.4 Å². The van der Waals surface area contributed by atoms with Crippen molar-refractivity contribution in [2.75, 3.05) is 11.9 Å². The summed E-state index contributed by atoms with van der Waals surface area (Å²) in [6.07, 6.45) is 1.29. The van der Waals surface area contributed by atoms with Gasteiger partial charge in [-0.1, -0.05) is 37.2 Å². The number of halogens is 1. The first-order valence-corrected chi connectivity index (χ1v) is 9.84. The first-order chi connectivity index (χ1) is 14.5. The van der Waals surface area contributed by atoms with Crippen LogP contribution in [0, 0.1) is 5.82 Å². The standard InChI is InChI=1S/C22H25FN4O3/c1-15(2)21-26-20(30-27-21)10-5-11-24-22(28)25-18-8-4-9-19(13-18)29-14-16-6-3-7-17(23)12-16/h3-4,6-9,12-13,15H,5,10-11,14H2,1-2H3,(H2,24,25,28). The van der Waals surface area contributed by atoms with E-state index >= 15 is 0 Å². The van der Waals surface area contributed by atoms with Crippen LogP contribution in [0.3, 0.4) is 0 Å². The molecule has 0 radical (unpaired) electrons. The molecule has 2 aromatic carbocycles. The summed E-state index contributed by atoms with van der Waals surface area (Å²) in [6, 6.07) is 13.0. The summed E-state index contributed by atoms with van der Waals surface area (Å²) < 4.78 is 24.1. The zero-order chi connectivity index (χ0) is 21.3. The monoisotopic (exact) mass is 412 g/mol. The van der Waals surface area contributed by atoms with Crippen LogP contribution in [0.15, 0.2) is 53.1 Å². The fourth-order valence-corrected chi connectivity index (χ4v) is 2.68. The van der Waals surface area contributed by atoms with Crippen molar-refractivity contribution in [3.05, 3.63) is 71.6 Å². The molecule has 0 atom stereocenters. The van der Waals surface area contributed by atoms with Gasteiger partial charge in [0.05, 0.1) is 0 Å². The van der Waals surface area contributed by atoms with E-state index in [9.17, 15) is 9.18 Å². The van der Waals surface area contributed by atoms with Gasteiger partial charge in [0.15, 0.2) is 5.82 Å². The van der Waals surface area contributed by atoms with Crippen molar-refractivity contribution in [3.8, 4) is 5.75 Å². The van der Waals surface area contributed by atoms with E-state index in [2.05, 4.69) is 20.8 Å². The Labute approximate surface area is 174 Å². The Hall–Kier alpha value is -3.42. The Balaban J connectivity index is 1.40. The van der Waals surface area contributed by atoms with E-state index in [0.717, 1.165) is 5.56 Å². The molecule has 8 heteroatoms. The first-order valence-electron chi connectivity index (χ1n) is 9.84.